The molecule has 0 spiro atoms. The summed E-state index contributed by atoms with van der Waals surface area (Å²) in [5.74, 6) is 0.902. The molecule has 0 aliphatic rings. The first-order valence-electron chi connectivity index (χ1n) is 12.8. The quantitative estimate of drug-likeness (QED) is 0.227. The van der Waals surface area contributed by atoms with Crippen LogP contribution >= 0.6 is 11.3 Å². The Morgan fingerprint density at radius 1 is 0.395 bits per heavy atom. The molecule has 0 atom stereocenters. The number of hydrogen-bond acceptors (Lipinski definition) is 2. The molecule has 0 saturated heterocycles. The van der Waals surface area contributed by atoms with Crippen LogP contribution in [0.4, 0.5) is 0 Å². The number of thiophene rings is 1. The molecule has 38 heavy (non-hydrogen) atoms. The van der Waals surface area contributed by atoms with E-state index in [9.17, 15) is 0 Å². The minimum Gasteiger partial charge on any atom is -0.463 e. The first-order valence-corrected chi connectivity index (χ1v) is 13.6. The minimum absolute atomic E-state index is 0.902. The van der Waals surface area contributed by atoms with Crippen LogP contribution in [0.1, 0.15) is 0 Å². The van der Waals surface area contributed by atoms with Gasteiger partial charge in [-0.25, -0.2) is 0 Å². The second-order valence-electron chi connectivity index (χ2n) is 9.30. The van der Waals surface area contributed by atoms with Gasteiger partial charge in [-0.1, -0.05) is 140 Å². The molecule has 0 aliphatic carbocycles. The topological polar surface area (TPSA) is 13.1 Å². The van der Waals surface area contributed by atoms with Gasteiger partial charge in [0.15, 0.2) is 0 Å². The van der Waals surface area contributed by atoms with Gasteiger partial charge in [-0.2, -0.15) is 0 Å². The highest BCUT2D eigenvalue weighted by Gasteiger charge is 2.24. The Hall–Kier alpha value is -4.66. The van der Waals surface area contributed by atoms with Crippen molar-refractivity contribution < 1.29 is 4.42 Å². The molecule has 0 radical (unpaired) electrons. The van der Waals surface area contributed by atoms with Gasteiger partial charge in [-0.05, 0) is 16.7 Å². The predicted octanol–water partition coefficient (Wildman–Crippen LogP) is 10.8. The molecule has 0 amide bonds. The van der Waals surface area contributed by atoms with Crippen molar-refractivity contribution >= 4 is 22.1 Å². The third-order valence-corrected chi connectivity index (χ3v) is 8.29. The average molecular weight is 505 g/mol. The fourth-order valence-corrected chi connectivity index (χ4v) is 6.62. The van der Waals surface area contributed by atoms with Crippen LogP contribution in [0.3, 0.4) is 0 Å². The Kier molecular flexibility index (Phi) is 5.73. The van der Waals surface area contributed by atoms with Gasteiger partial charge in [0, 0.05) is 42.8 Å². The zero-order valence-electron chi connectivity index (χ0n) is 20.7. The zero-order valence-corrected chi connectivity index (χ0v) is 21.5. The van der Waals surface area contributed by atoms with Crippen molar-refractivity contribution in [2.75, 3.05) is 0 Å². The van der Waals surface area contributed by atoms with Gasteiger partial charge in [0.05, 0.1) is 6.26 Å². The second kappa shape index (κ2) is 9.66. The third-order valence-electron chi connectivity index (χ3n) is 7.02. The maximum absolute atomic E-state index is 6.35. The fraction of sp³-hybridized carbons (Fsp3) is 0. The lowest BCUT2D eigenvalue weighted by molar-refractivity contribution is 0.584. The number of fused-ring (bicyclic) bond motifs is 1. The molecule has 2 aromatic heterocycles. The van der Waals surface area contributed by atoms with Crippen LogP contribution in [0.2, 0.25) is 0 Å². The number of hydrogen-bond donors (Lipinski definition) is 0. The van der Waals surface area contributed by atoms with E-state index in [2.05, 4.69) is 133 Å². The van der Waals surface area contributed by atoms with Crippen LogP contribution in [0, 0.1) is 0 Å². The summed E-state index contributed by atoms with van der Waals surface area (Å²) >= 11 is 1.85. The lowest BCUT2D eigenvalue weighted by Gasteiger charge is -2.09. The van der Waals surface area contributed by atoms with E-state index in [4.69, 9.17) is 4.42 Å². The van der Waals surface area contributed by atoms with Gasteiger partial charge in [0.25, 0.3) is 0 Å². The Morgan fingerprint density at radius 2 is 0.868 bits per heavy atom. The summed E-state index contributed by atoms with van der Waals surface area (Å²) in [5, 5.41) is 2.50. The van der Waals surface area contributed by atoms with Gasteiger partial charge in [0.2, 0.25) is 0 Å². The molecule has 5 aromatic carbocycles. The summed E-state index contributed by atoms with van der Waals surface area (Å²) < 4.78 is 6.35. The van der Waals surface area contributed by atoms with Crippen LogP contribution < -0.4 is 0 Å². The number of furan rings is 1. The van der Waals surface area contributed by atoms with Crippen molar-refractivity contribution in [3.8, 4) is 54.5 Å². The van der Waals surface area contributed by atoms with Crippen molar-refractivity contribution in [2.24, 2.45) is 0 Å². The number of benzene rings is 5. The highest BCUT2D eigenvalue weighted by Crippen LogP contribution is 2.51. The molecule has 0 bridgehead atoms. The van der Waals surface area contributed by atoms with Crippen molar-refractivity contribution in [3.63, 3.8) is 0 Å². The molecule has 0 fully saturated rings. The minimum atomic E-state index is 0.902. The molecule has 180 valence electrons. The van der Waals surface area contributed by atoms with Crippen molar-refractivity contribution in [1.29, 1.82) is 0 Å². The lowest BCUT2D eigenvalue weighted by Crippen LogP contribution is -1.82. The zero-order chi connectivity index (χ0) is 25.3. The SMILES string of the molecule is c1ccc(-c2ccccc2-c2sc(-c3c(-c4ccccc4)coc3-c3ccccc3)c3ccccc23)cc1. The standard InChI is InChI=1S/C36H24OS/c1-4-14-25(15-5-1)28-20-10-11-21-29(28)35-30-22-12-13-23-31(30)36(38-35)33-32(26-16-6-2-7-17-26)24-37-34(33)27-18-8-3-9-19-27/h1-24H. The van der Waals surface area contributed by atoms with Crippen molar-refractivity contribution in [1.82, 2.24) is 0 Å². The predicted molar refractivity (Wildman–Crippen MR) is 161 cm³/mol. The Bertz CT molecular complexity index is 1790. The molecule has 7 aromatic rings. The van der Waals surface area contributed by atoms with E-state index in [1.165, 1.54) is 37.2 Å². The van der Waals surface area contributed by atoms with E-state index in [1.54, 1.807) is 0 Å². The van der Waals surface area contributed by atoms with Gasteiger partial charge in [-0.15, -0.1) is 11.3 Å². The molecule has 0 N–H and O–H groups in total. The van der Waals surface area contributed by atoms with E-state index in [0.717, 1.165) is 28.0 Å². The van der Waals surface area contributed by atoms with Crippen molar-refractivity contribution in [2.45, 2.75) is 0 Å². The van der Waals surface area contributed by atoms with Crippen LogP contribution in [-0.4, -0.2) is 0 Å². The molecule has 0 saturated carbocycles. The van der Waals surface area contributed by atoms with E-state index < -0.39 is 0 Å². The first kappa shape index (κ1) is 22.5. The number of rotatable bonds is 5. The fourth-order valence-electron chi connectivity index (χ4n) is 5.24. The summed E-state index contributed by atoms with van der Waals surface area (Å²) in [5.41, 5.74) is 8.19. The summed E-state index contributed by atoms with van der Waals surface area (Å²) in [6.07, 6.45) is 1.92. The highest BCUT2D eigenvalue weighted by atomic mass is 32.1. The largest absolute Gasteiger partial charge is 0.463 e. The Morgan fingerprint density at radius 3 is 1.50 bits per heavy atom. The second-order valence-corrected chi connectivity index (χ2v) is 10.3. The van der Waals surface area contributed by atoms with E-state index >= 15 is 0 Å². The van der Waals surface area contributed by atoms with Crippen LogP contribution in [-0.2, 0) is 0 Å². The highest BCUT2D eigenvalue weighted by molar-refractivity contribution is 7.21. The summed E-state index contributed by atoms with van der Waals surface area (Å²) in [4.78, 5) is 2.50. The van der Waals surface area contributed by atoms with Crippen LogP contribution in [0.15, 0.2) is 150 Å². The first-order chi connectivity index (χ1) is 18.9. The molecule has 7 rings (SSSR count). The van der Waals surface area contributed by atoms with Gasteiger partial charge in [-0.3, -0.25) is 0 Å². The van der Waals surface area contributed by atoms with Gasteiger partial charge >= 0.3 is 0 Å². The average Bonchev–Trinajstić information content (AvgIpc) is 3.61. The Labute approximate surface area is 226 Å². The molecule has 0 aliphatic heterocycles. The normalized spacial score (nSPS) is 11.2. The third kappa shape index (κ3) is 3.87. The monoisotopic (exact) mass is 504 g/mol. The maximum Gasteiger partial charge on any atom is 0.143 e. The molecule has 1 nitrogen and oxygen atoms in total. The molecule has 2 heterocycles. The lowest BCUT2D eigenvalue weighted by atomic mass is 9.95. The summed E-state index contributed by atoms with van der Waals surface area (Å²) in [6.45, 7) is 0. The van der Waals surface area contributed by atoms with Crippen LogP contribution in [0.25, 0.3) is 65.2 Å². The molecular weight excluding hydrogens is 480 g/mol. The smallest absolute Gasteiger partial charge is 0.143 e. The summed E-state index contributed by atoms with van der Waals surface area (Å²) in [7, 11) is 0. The maximum atomic E-state index is 6.35. The summed E-state index contributed by atoms with van der Waals surface area (Å²) in [6, 6.07) is 49.1. The van der Waals surface area contributed by atoms with Crippen molar-refractivity contribution in [3.05, 3.63) is 146 Å². The van der Waals surface area contributed by atoms with Gasteiger partial charge < -0.3 is 4.42 Å². The molecule has 2 heteroatoms. The van der Waals surface area contributed by atoms with Gasteiger partial charge in [0.1, 0.15) is 5.76 Å². The van der Waals surface area contributed by atoms with Crippen LogP contribution in [0.5, 0.6) is 0 Å². The van der Waals surface area contributed by atoms with E-state index in [0.29, 0.717) is 0 Å². The van der Waals surface area contributed by atoms with E-state index in [-0.39, 0.29) is 0 Å². The van der Waals surface area contributed by atoms with E-state index in [1.807, 2.05) is 23.7 Å². The molecular formula is C36H24OS. The Balaban J connectivity index is 1.53. The molecule has 0 unspecified atom stereocenters.